The molecule has 2 aromatic rings. The Hall–Kier alpha value is -2.45. The van der Waals surface area contributed by atoms with Crippen molar-refractivity contribution in [2.75, 3.05) is 13.1 Å². The van der Waals surface area contributed by atoms with Gasteiger partial charge in [0.25, 0.3) is 0 Å². The highest BCUT2D eigenvalue weighted by Crippen LogP contribution is 2.32. The molecule has 0 aliphatic carbocycles. The van der Waals surface area contributed by atoms with E-state index in [9.17, 15) is 18.0 Å². The summed E-state index contributed by atoms with van der Waals surface area (Å²) in [6.45, 7) is 2.08. The lowest BCUT2D eigenvalue weighted by atomic mass is 10.1. The molecule has 0 saturated carbocycles. The quantitative estimate of drug-likeness (QED) is 0.718. The van der Waals surface area contributed by atoms with Crippen molar-refractivity contribution in [3.63, 3.8) is 0 Å². The normalized spacial score (nSPS) is 17.1. The Morgan fingerprint density at radius 3 is 2.68 bits per heavy atom. The zero-order chi connectivity index (χ0) is 20.3. The Bertz CT molecular complexity index is 981. The molecule has 1 saturated heterocycles. The second-order valence-corrected chi connectivity index (χ2v) is 8.79. The summed E-state index contributed by atoms with van der Waals surface area (Å²) < 4.78 is 29.4. The standard InChI is InChI=1S/C20H25N3O4S/c1-15(24)16-6-3-7-17(14-16)28(26,27)21-11-10-20(25)23-13-5-9-19(23)18-8-4-12-22(18)2/h3-4,6-8,12,14,19,21H,5,9-11,13H2,1-2H3. The first kappa shape index (κ1) is 20.3. The summed E-state index contributed by atoms with van der Waals surface area (Å²) in [5.41, 5.74) is 1.42. The lowest BCUT2D eigenvalue weighted by molar-refractivity contribution is -0.132. The van der Waals surface area contributed by atoms with Crippen LogP contribution in [0.25, 0.3) is 0 Å². The van der Waals surface area contributed by atoms with Crippen molar-refractivity contribution in [2.24, 2.45) is 7.05 Å². The second kappa shape index (κ2) is 8.28. The van der Waals surface area contributed by atoms with Gasteiger partial charge in [0.1, 0.15) is 0 Å². The van der Waals surface area contributed by atoms with Crippen LogP contribution in [0.15, 0.2) is 47.5 Å². The largest absolute Gasteiger partial charge is 0.353 e. The van der Waals surface area contributed by atoms with E-state index in [-0.39, 0.29) is 35.6 Å². The third-order valence-electron chi connectivity index (χ3n) is 5.08. The minimum absolute atomic E-state index is 0.0157. The molecule has 1 atom stereocenters. The lowest BCUT2D eigenvalue weighted by Crippen LogP contribution is -2.34. The van der Waals surface area contributed by atoms with Crippen LogP contribution >= 0.6 is 0 Å². The van der Waals surface area contributed by atoms with Crippen molar-refractivity contribution in [1.29, 1.82) is 0 Å². The number of likely N-dealkylation sites (tertiary alicyclic amines) is 1. The average molecular weight is 404 g/mol. The summed E-state index contributed by atoms with van der Waals surface area (Å²) in [4.78, 5) is 26.0. The number of hydrogen-bond donors (Lipinski definition) is 1. The third kappa shape index (κ3) is 4.34. The van der Waals surface area contributed by atoms with Gasteiger partial charge in [-0.15, -0.1) is 0 Å². The van der Waals surface area contributed by atoms with Crippen molar-refractivity contribution >= 4 is 21.7 Å². The molecule has 1 amide bonds. The summed E-state index contributed by atoms with van der Waals surface area (Å²) in [6.07, 6.45) is 3.89. The number of aromatic nitrogens is 1. The van der Waals surface area contributed by atoms with E-state index in [0.717, 1.165) is 18.5 Å². The number of carbonyl (C=O) groups is 2. The molecular formula is C20H25N3O4S. The number of carbonyl (C=O) groups excluding carboxylic acids is 2. The van der Waals surface area contributed by atoms with Gasteiger partial charge >= 0.3 is 0 Å². The Morgan fingerprint density at radius 1 is 1.21 bits per heavy atom. The number of rotatable bonds is 7. The molecule has 8 heteroatoms. The highest BCUT2D eigenvalue weighted by atomic mass is 32.2. The van der Waals surface area contributed by atoms with Gasteiger partial charge in [0.05, 0.1) is 10.9 Å². The maximum Gasteiger partial charge on any atom is 0.240 e. The first-order chi connectivity index (χ1) is 13.3. The van der Waals surface area contributed by atoms with Crippen LogP contribution in [0.3, 0.4) is 0 Å². The van der Waals surface area contributed by atoms with Crippen LogP contribution in [0.5, 0.6) is 0 Å². The van der Waals surface area contributed by atoms with Crippen LogP contribution in [0, 0.1) is 0 Å². The predicted molar refractivity (Wildman–Crippen MR) is 105 cm³/mol. The van der Waals surface area contributed by atoms with E-state index < -0.39 is 10.0 Å². The molecule has 0 radical (unpaired) electrons. The van der Waals surface area contributed by atoms with Gasteiger partial charge in [0.2, 0.25) is 15.9 Å². The number of ketones is 1. The highest BCUT2D eigenvalue weighted by molar-refractivity contribution is 7.89. The molecule has 1 unspecified atom stereocenters. The zero-order valence-electron chi connectivity index (χ0n) is 16.1. The number of hydrogen-bond acceptors (Lipinski definition) is 4. The van der Waals surface area contributed by atoms with Gasteiger partial charge in [-0.25, -0.2) is 13.1 Å². The smallest absolute Gasteiger partial charge is 0.240 e. The van der Waals surface area contributed by atoms with Crippen LogP contribution in [-0.4, -0.2) is 42.7 Å². The maximum atomic E-state index is 12.7. The SMILES string of the molecule is CC(=O)c1cccc(S(=O)(=O)NCCC(=O)N2CCCC2c2cccn2C)c1. The van der Waals surface area contributed by atoms with Crippen molar-refractivity contribution in [2.45, 2.75) is 37.1 Å². The molecule has 1 aliphatic heterocycles. The number of Topliss-reactive ketones (excluding diaryl/α,β-unsaturated/α-hetero) is 1. The fourth-order valence-corrected chi connectivity index (χ4v) is 4.67. The molecule has 0 spiro atoms. The molecule has 150 valence electrons. The van der Waals surface area contributed by atoms with Crippen molar-refractivity contribution in [3.05, 3.63) is 53.9 Å². The maximum absolute atomic E-state index is 12.7. The molecule has 1 aromatic heterocycles. The summed E-state index contributed by atoms with van der Waals surface area (Å²) in [5.74, 6) is -0.267. The van der Waals surface area contributed by atoms with Crippen molar-refractivity contribution < 1.29 is 18.0 Å². The number of sulfonamides is 1. The van der Waals surface area contributed by atoms with E-state index in [1.54, 1.807) is 6.07 Å². The topological polar surface area (TPSA) is 88.5 Å². The Balaban J connectivity index is 1.61. The van der Waals surface area contributed by atoms with Gasteiger partial charge < -0.3 is 9.47 Å². The van der Waals surface area contributed by atoms with Crippen LogP contribution in [0.4, 0.5) is 0 Å². The third-order valence-corrected chi connectivity index (χ3v) is 6.54. The fourth-order valence-electron chi connectivity index (χ4n) is 3.59. The fraction of sp³-hybridized carbons (Fsp3) is 0.400. The number of benzene rings is 1. The van der Waals surface area contributed by atoms with E-state index in [2.05, 4.69) is 4.72 Å². The van der Waals surface area contributed by atoms with Crippen LogP contribution in [-0.2, 0) is 21.9 Å². The molecule has 7 nitrogen and oxygen atoms in total. The van der Waals surface area contributed by atoms with E-state index in [4.69, 9.17) is 0 Å². The number of nitrogens with zero attached hydrogens (tertiary/aromatic N) is 2. The molecule has 0 bridgehead atoms. The summed E-state index contributed by atoms with van der Waals surface area (Å²) in [6, 6.07) is 9.89. The molecule has 1 aliphatic rings. The average Bonchev–Trinajstić information content (AvgIpc) is 3.30. The predicted octanol–water partition coefficient (Wildman–Crippen LogP) is 2.26. The molecule has 1 aromatic carbocycles. The molecule has 2 heterocycles. The first-order valence-corrected chi connectivity index (χ1v) is 10.8. The van der Waals surface area contributed by atoms with Gasteiger partial charge in [-0.2, -0.15) is 0 Å². The Kier molecular flexibility index (Phi) is 6.00. The molecule has 28 heavy (non-hydrogen) atoms. The van der Waals surface area contributed by atoms with Crippen LogP contribution in [0.1, 0.15) is 48.3 Å². The molecule has 1 fully saturated rings. The summed E-state index contributed by atoms with van der Waals surface area (Å²) in [7, 11) is -1.82. The minimum atomic E-state index is -3.78. The number of amides is 1. The van der Waals surface area contributed by atoms with Gasteiger partial charge in [-0.05, 0) is 44.0 Å². The second-order valence-electron chi connectivity index (χ2n) is 7.02. The van der Waals surface area contributed by atoms with E-state index in [1.165, 1.54) is 25.1 Å². The molecule has 3 rings (SSSR count). The number of aryl methyl sites for hydroxylation is 1. The summed E-state index contributed by atoms with van der Waals surface area (Å²) in [5, 5.41) is 0. The summed E-state index contributed by atoms with van der Waals surface area (Å²) >= 11 is 0. The van der Waals surface area contributed by atoms with Gasteiger partial charge in [-0.3, -0.25) is 9.59 Å². The number of nitrogens with one attached hydrogen (secondary N) is 1. The molecule has 1 N–H and O–H groups in total. The first-order valence-electron chi connectivity index (χ1n) is 9.31. The monoisotopic (exact) mass is 403 g/mol. The van der Waals surface area contributed by atoms with Gasteiger partial charge in [0, 0.05) is 44.0 Å². The minimum Gasteiger partial charge on any atom is -0.353 e. The van der Waals surface area contributed by atoms with Crippen LogP contribution < -0.4 is 4.72 Å². The van der Waals surface area contributed by atoms with Crippen molar-refractivity contribution in [3.8, 4) is 0 Å². The van der Waals surface area contributed by atoms with Gasteiger partial charge in [0.15, 0.2) is 5.78 Å². The lowest BCUT2D eigenvalue weighted by Gasteiger charge is -2.25. The van der Waals surface area contributed by atoms with Crippen LogP contribution in [0.2, 0.25) is 0 Å². The highest BCUT2D eigenvalue weighted by Gasteiger charge is 2.31. The van der Waals surface area contributed by atoms with Gasteiger partial charge in [-0.1, -0.05) is 12.1 Å². The molecular weight excluding hydrogens is 378 g/mol. The van der Waals surface area contributed by atoms with E-state index >= 15 is 0 Å². The zero-order valence-corrected chi connectivity index (χ0v) is 16.9. The Labute approximate surface area is 165 Å². The van der Waals surface area contributed by atoms with Crippen molar-refractivity contribution in [1.82, 2.24) is 14.2 Å². The van der Waals surface area contributed by atoms with E-state index in [1.807, 2.05) is 34.8 Å². The Morgan fingerprint density at radius 2 is 2.00 bits per heavy atom. The van der Waals surface area contributed by atoms with E-state index in [0.29, 0.717) is 12.1 Å².